The second-order valence-electron chi connectivity index (χ2n) is 7.44. The van der Waals surface area contributed by atoms with Crippen molar-refractivity contribution in [3.05, 3.63) is 83.7 Å². The number of halogens is 1. The molecular formula is C27H27FN2O6. The fourth-order valence-electron chi connectivity index (χ4n) is 2.91. The largest absolute Gasteiger partial charge is 0.494 e. The van der Waals surface area contributed by atoms with Crippen molar-refractivity contribution in [2.75, 3.05) is 19.8 Å². The van der Waals surface area contributed by atoms with Crippen molar-refractivity contribution in [1.29, 1.82) is 0 Å². The van der Waals surface area contributed by atoms with E-state index in [9.17, 15) is 14.0 Å². The predicted octanol–water partition coefficient (Wildman–Crippen LogP) is 4.76. The van der Waals surface area contributed by atoms with Gasteiger partial charge in [0.2, 0.25) is 0 Å². The molecule has 0 aromatic heterocycles. The van der Waals surface area contributed by atoms with E-state index in [2.05, 4.69) is 10.5 Å². The highest BCUT2D eigenvalue weighted by Gasteiger charge is 2.13. The van der Waals surface area contributed by atoms with Gasteiger partial charge in [-0.2, -0.15) is 5.10 Å². The van der Waals surface area contributed by atoms with Crippen LogP contribution in [0.4, 0.5) is 4.39 Å². The molecule has 9 heteroatoms. The summed E-state index contributed by atoms with van der Waals surface area (Å²) in [7, 11) is 0. The van der Waals surface area contributed by atoms with Crippen LogP contribution in [0.3, 0.4) is 0 Å². The molecule has 0 spiro atoms. The van der Waals surface area contributed by atoms with Crippen LogP contribution in [-0.4, -0.2) is 37.9 Å². The van der Waals surface area contributed by atoms with Crippen LogP contribution >= 0.6 is 0 Å². The van der Waals surface area contributed by atoms with Crippen molar-refractivity contribution < 1.29 is 32.9 Å². The van der Waals surface area contributed by atoms with Crippen molar-refractivity contribution >= 4 is 18.1 Å². The number of hydrogen-bond donors (Lipinski definition) is 1. The third-order valence-electron chi connectivity index (χ3n) is 4.62. The third kappa shape index (κ3) is 8.12. The summed E-state index contributed by atoms with van der Waals surface area (Å²) < 4.78 is 34.8. The molecule has 0 saturated heterocycles. The molecule has 0 atom stereocenters. The SMILES string of the molecule is CCCOc1ccc(C(=O)Oc2ccc(/C=N/NC(=O)COc3ccc(F)cc3)cc2OCC)cc1. The molecule has 0 aliphatic rings. The lowest BCUT2D eigenvalue weighted by Crippen LogP contribution is -2.24. The maximum atomic E-state index is 12.9. The summed E-state index contributed by atoms with van der Waals surface area (Å²) in [5.74, 6) is 0.231. The Balaban J connectivity index is 1.57. The molecule has 0 bridgehead atoms. The van der Waals surface area contributed by atoms with E-state index in [1.165, 1.54) is 30.5 Å². The first kappa shape index (κ1) is 26.2. The molecule has 188 valence electrons. The van der Waals surface area contributed by atoms with E-state index in [0.29, 0.717) is 41.6 Å². The Morgan fingerprint density at radius 1 is 0.889 bits per heavy atom. The van der Waals surface area contributed by atoms with Crippen molar-refractivity contribution in [2.24, 2.45) is 5.10 Å². The predicted molar refractivity (Wildman–Crippen MR) is 132 cm³/mol. The van der Waals surface area contributed by atoms with Gasteiger partial charge >= 0.3 is 5.97 Å². The number of esters is 1. The number of nitrogens with one attached hydrogen (secondary N) is 1. The van der Waals surface area contributed by atoms with Gasteiger partial charge in [0, 0.05) is 0 Å². The molecule has 0 radical (unpaired) electrons. The number of hydrogen-bond acceptors (Lipinski definition) is 7. The number of nitrogens with zero attached hydrogens (tertiary/aromatic N) is 1. The van der Waals surface area contributed by atoms with E-state index >= 15 is 0 Å². The van der Waals surface area contributed by atoms with Gasteiger partial charge in [-0.1, -0.05) is 6.92 Å². The van der Waals surface area contributed by atoms with E-state index < -0.39 is 17.7 Å². The molecule has 36 heavy (non-hydrogen) atoms. The molecule has 0 unspecified atom stereocenters. The highest BCUT2D eigenvalue weighted by molar-refractivity contribution is 5.92. The van der Waals surface area contributed by atoms with Crippen LogP contribution in [0, 0.1) is 5.82 Å². The van der Waals surface area contributed by atoms with Gasteiger partial charge in [0.1, 0.15) is 17.3 Å². The van der Waals surface area contributed by atoms with Gasteiger partial charge in [0.15, 0.2) is 18.1 Å². The van der Waals surface area contributed by atoms with Crippen LogP contribution in [0.25, 0.3) is 0 Å². The molecule has 0 saturated carbocycles. The van der Waals surface area contributed by atoms with E-state index in [1.54, 1.807) is 42.5 Å². The lowest BCUT2D eigenvalue weighted by atomic mass is 10.2. The minimum absolute atomic E-state index is 0.252. The lowest BCUT2D eigenvalue weighted by molar-refractivity contribution is -0.123. The van der Waals surface area contributed by atoms with Crippen LogP contribution in [0.15, 0.2) is 71.8 Å². The minimum Gasteiger partial charge on any atom is -0.494 e. The highest BCUT2D eigenvalue weighted by atomic mass is 19.1. The summed E-state index contributed by atoms with van der Waals surface area (Å²) in [6.07, 6.45) is 2.31. The molecule has 0 fully saturated rings. The number of amides is 1. The molecule has 3 rings (SSSR count). The zero-order valence-corrected chi connectivity index (χ0v) is 20.0. The molecular weight excluding hydrogens is 467 g/mol. The maximum Gasteiger partial charge on any atom is 0.343 e. The van der Waals surface area contributed by atoms with Gasteiger partial charge in [-0.15, -0.1) is 0 Å². The van der Waals surface area contributed by atoms with Crippen molar-refractivity contribution in [3.8, 4) is 23.0 Å². The van der Waals surface area contributed by atoms with Crippen LogP contribution < -0.4 is 24.4 Å². The minimum atomic E-state index is -0.534. The monoisotopic (exact) mass is 494 g/mol. The van der Waals surface area contributed by atoms with Gasteiger partial charge < -0.3 is 18.9 Å². The number of ether oxygens (including phenoxy) is 4. The van der Waals surface area contributed by atoms with Gasteiger partial charge in [-0.25, -0.2) is 14.6 Å². The number of hydrazone groups is 1. The summed E-state index contributed by atoms with van der Waals surface area (Å²) in [5.41, 5.74) is 3.32. The number of rotatable bonds is 12. The first-order valence-electron chi connectivity index (χ1n) is 11.4. The molecule has 8 nitrogen and oxygen atoms in total. The topological polar surface area (TPSA) is 95.5 Å². The fraction of sp³-hybridized carbons (Fsp3) is 0.222. The number of carbonyl (C=O) groups is 2. The van der Waals surface area contributed by atoms with Crippen molar-refractivity contribution in [2.45, 2.75) is 20.3 Å². The Kier molecular flexibility index (Phi) is 9.81. The van der Waals surface area contributed by atoms with Gasteiger partial charge in [0.25, 0.3) is 5.91 Å². The summed E-state index contributed by atoms with van der Waals surface area (Å²) in [4.78, 5) is 24.5. The highest BCUT2D eigenvalue weighted by Crippen LogP contribution is 2.29. The zero-order chi connectivity index (χ0) is 25.8. The van der Waals surface area contributed by atoms with Crippen molar-refractivity contribution in [3.63, 3.8) is 0 Å². The van der Waals surface area contributed by atoms with Crippen LogP contribution in [0.1, 0.15) is 36.2 Å². The molecule has 0 heterocycles. The Morgan fingerprint density at radius 3 is 2.28 bits per heavy atom. The first-order chi connectivity index (χ1) is 17.5. The summed E-state index contributed by atoms with van der Waals surface area (Å²) in [6, 6.07) is 16.9. The quantitative estimate of drug-likeness (QED) is 0.169. The average Bonchev–Trinajstić information content (AvgIpc) is 2.89. The van der Waals surface area contributed by atoms with Crippen molar-refractivity contribution in [1.82, 2.24) is 5.43 Å². The average molecular weight is 495 g/mol. The summed E-state index contributed by atoms with van der Waals surface area (Å²) in [6.45, 7) is 4.50. The van der Waals surface area contributed by atoms with E-state index in [0.717, 1.165) is 6.42 Å². The van der Waals surface area contributed by atoms with Crippen LogP contribution in [-0.2, 0) is 4.79 Å². The number of carbonyl (C=O) groups excluding carboxylic acids is 2. The summed E-state index contributed by atoms with van der Waals surface area (Å²) in [5, 5.41) is 3.90. The third-order valence-corrected chi connectivity index (χ3v) is 4.62. The Labute approximate surface area is 208 Å². The van der Waals surface area contributed by atoms with Crippen LogP contribution in [0.2, 0.25) is 0 Å². The van der Waals surface area contributed by atoms with E-state index in [-0.39, 0.29) is 12.4 Å². The summed E-state index contributed by atoms with van der Waals surface area (Å²) >= 11 is 0. The zero-order valence-electron chi connectivity index (χ0n) is 20.0. The second-order valence-corrected chi connectivity index (χ2v) is 7.44. The maximum absolute atomic E-state index is 12.9. The Hall–Kier alpha value is -4.40. The normalized spacial score (nSPS) is 10.6. The lowest BCUT2D eigenvalue weighted by Gasteiger charge is -2.12. The smallest absolute Gasteiger partial charge is 0.343 e. The van der Waals surface area contributed by atoms with Gasteiger partial charge in [-0.05, 0) is 85.6 Å². The van der Waals surface area contributed by atoms with E-state index in [4.69, 9.17) is 18.9 Å². The molecule has 0 aliphatic heterocycles. The van der Waals surface area contributed by atoms with Gasteiger partial charge in [0.05, 0.1) is 25.0 Å². The fourth-order valence-corrected chi connectivity index (χ4v) is 2.91. The second kappa shape index (κ2) is 13.5. The van der Waals surface area contributed by atoms with E-state index in [1.807, 2.05) is 13.8 Å². The molecule has 1 amide bonds. The Bertz CT molecular complexity index is 1180. The molecule has 1 N–H and O–H groups in total. The molecule has 0 aliphatic carbocycles. The number of benzene rings is 3. The first-order valence-corrected chi connectivity index (χ1v) is 11.4. The standard InChI is InChI=1S/C27H27FN2O6/c1-3-15-34-22-10-6-20(7-11-22)27(32)36-24-14-5-19(16-25(24)33-4-2)17-29-30-26(31)18-35-23-12-8-21(28)9-13-23/h5-14,16-17H,3-4,15,18H2,1-2H3,(H,30,31)/b29-17+. The molecule has 3 aromatic carbocycles. The molecule has 3 aromatic rings. The van der Waals surface area contributed by atoms with Crippen LogP contribution in [0.5, 0.6) is 23.0 Å². The van der Waals surface area contributed by atoms with Gasteiger partial charge in [-0.3, -0.25) is 4.79 Å². The Morgan fingerprint density at radius 2 is 1.58 bits per heavy atom.